The number of hydrogen-bond acceptors (Lipinski definition) is 4. The van der Waals surface area contributed by atoms with Gasteiger partial charge < -0.3 is 9.80 Å². The van der Waals surface area contributed by atoms with E-state index in [4.69, 9.17) is 23.2 Å². The van der Waals surface area contributed by atoms with Crippen LogP contribution in [0.5, 0.6) is 0 Å². The molecule has 0 radical (unpaired) electrons. The minimum absolute atomic E-state index is 0.135. The molecule has 2 heterocycles. The highest BCUT2D eigenvalue weighted by molar-refractivity contribution is 6.42. The van der Waals surface area contributed by atoms with E-state index in [9.17, 15) is 4.79 Å². The molecule has 0 atom stereocenters. The predicted molar refractivity (Wildman–Crippen MR) is 122 cm³/mol. The molecule has 0 spiro atoms. The summed E-state index contributed by atoms with van der Waals surface area (Å²) in [6.45, 7) is 4.64. The first kappa shape index (κ1) is 21.8. The number of benzene rings is 2. The number of halogens is 2. The zero-order chi connectivity index (χ0) is 21.6. The number of carbonyl (C=O) groups excluding carboxylic acids is 1. The largest absolute Gasteiger partial charge is 0.332 e. The average Bonchev–Trinajstić information content (AvgIpc) is 3.46. The third-order valence-corrected chi connectivity index (χ3v) is 6.21. The molecule has 0 N–H and O–H groups in total. The third-order valence-electron chi connectivity index (χ3n) is 5.47. The van der Waals surface area contributed by atoms with Crippen LogP contribution in [0.25, 0.3) is 0 Å². The van der Waals surface area contributed by atoms with Crippen molar-refractivity contribution >= 4 is 29.1 Å². The van der Waals surface area contributed by atoms with Crippen molar-refractivity contribution in [2.24, 2.45) is 0 Å². The highest BCUT2D eigenvalue weighted by atomic mass is 35.5. The lowest BCUT2D eigenvalue weighted by Crippen LogP contribution is -2.37. The number of rotatable bonds is 8. The van der Waals surface area contributed by atoms with Crippen LogP contribution in [0, 0.1) is 0 Å². The first-order valence-corrected chi connectivity index (χ1v) is 11.2. The Balaban J connectivity index is 1.49. The highest BCUT2D eigenvalue weighted by Gasteiger charge is 2.22. The van der Waals surface area contributed by atoms with Crippen LogP contribution in [0.3, 0.4) is 0 Å². The lowest BCUT2D eigenvalue weighted by Gasteiger charge is -2.25. The van der Waals surface area contributed by atoms with Crippen molar-refractivity contribution in [3.05, 3.63) is 81.6 Å². The Morgan fingerprint density at radius 3 is 2.52 bits per heavy atom. The lowest BCUT2D eigenvalue weighted by atomic mass is 10.2. The lowest BCUT2D eigenvalue weighted by molar-refractivity contribution is 0.0721. The van der Waals surface area contributed by atoms with Crippen molar-refractivity contribution in [2.75, 3.05) is 26.2 Å². The Kier molecular flexibility index (Phi) is 7.22. The minimum Gasteiger partial charge on any atom is -0.332 e. The molecule has 3 aromatic rings. The van der Waals surface area contributed by atoms with E-state index >= 15 is 0 Å². The molecule has 0 bridgehead atoms. The highest BCUT2D eigenvalue weighted by Crippen LogP contribution is 2.23. The van der Waals surface area contributed by atoms with Gasteiger partial charge in [-0.1, -0.05) is 64.8 Å². The number of amides is 1. The van der Waals surface area contributed by atoms with Gasteiger partial charge in [-0.2, -0.15) is 0 Å². The monoisotopic (exact) mass is 457 g/mol. The van der Waals surface area contributed by atoms with Crippen LogP contribution in [-0.2, 0) is 13.1 Å². The van der Waals surface area contributed by atoms with Crippen LogP contribution in [0.2, 0.25) is 10.0 Å². The van der Waals surface area contributed by atoms with Crippen LogP contribution in [0.1, 0.15) is 34.5 Å². The van der Waals surface area contributed by atoms with Gasteiger partial charge in [0.1, 0.15) is 0 Å². The summed E-state index contributed by atoms with van der Waals surface area (Å²) >= 11 is 12.2. The number of nitrogens with zero attached hydrogens (tertiary/aromatic N) is 5. The van der Waals surface area contributed by atoms with Crippen molar-refractivity contribution in [3.63, 3.8) is 0 Å². The first-order chi connectivity index (χ1) is 15.1. The number of aromatic nitrogens is 3. The maximum Gasteiger partial charge on any atom is 0.276 e. The van der Waals surface area contributed by atoms with Gasteiger partial charge in [-0.25, -0.2) is 4.68 Å². The molecule has 4 rings (SSSR count). The van der Waals surface area contributed by atoms with Crippen molar-refractivity contribution in [2.45, 2.75) is 25.9 Å². The average molecular weight is 458 g/mol. The Morgan fingerprint density at radius 2 is 1.77 bits per heavy atom. The molecule has 1 saturated heterocycles. The second-order valence-electron chi connectivity index (χ2n) is 7.81. The van der Waals surface area contributed by atoms with Gasteiger partial charge in [0.05, 0.1) is 22.8 Å². The van der Waals surface area contributed by atoms with Crippen molar-refractivity contribution in [1.29, 1.82) is 0 Å². The van der Waals surface area contributed by atoms with Crippen LogP contribution in [0.4, 0.5) is 0 Å². The zero-order valence-electron chi connectivity index (χ0n) is 17.3. The molecule has 1 aliphatic heterocycles. The van der Waals surface area contributed by atoms with Gasteiger partial charge >= 0.3 is 0 Å². The number of hydrogen-bond donors (Lipinski definition) is 0. The first-order valence-electron chi connectivity index (χ1n) is 10.5. The van der Waals surface area contributed by atoms with E-state index in [-0.39, 0.29) is 5.91 Å². The molecule has 1 aromatic heterocycles. The smallest absolute Gasteiger partial charge is 0.276 e. The summed E-state index contributed by atoms with van der Waals surface area (Å²) < 4.78 is 1.69. The van der Waals surface area contributed by atoms with Crippen molar-refractivity contribution < 1.29 is 4.79 Å². The molecule has 2 aromatic carbocycles. The van der Waals surface area contributed by atoms with Crippen molar-refractivity contribution in [1.82, 2.24) is 24.8 Å². The zero-order valence-corrected chi connectivity index (χ0v) is 18.8. The fourth-order valence-corrected chi connectivity index (χ4v) is 4.11. The van der Waals surface area contributed by atoms with E-state index in [1.54, 1.807) is 16.9 Å². The third kappa shape index (κ3) is 5.85. The fraction of sp³-hybridized carbons (Fsp3) is 0.348. The summed E-state index contributed by atoms with van der Waals surface area (Å²) in [6.07, 6.45) is 4.15. The summed E-state index contributed by atoms with van der Waals surface area (Å²) in [5, 5.41) is 9.29. The van der Waals surface area contributed by atoms with Crippen LogP contribution >= 0.6 is 23.2 Å². The summed E-state index contributed by atoms with van der Waals surface area (Å²) in [6, 6.07) is 15.5. The van der Waals surface area contributed by atoms with Gasteiger partial charge in [0.25, 0.3) is 5.91 Å². The summed E-state index contributed by atoms with van der Waals surface area (Å²) in [5.74, 6) is -0.135. The van der Waals surface area contributed by atoms with Gasteiger partial charge in [-0.3, -0.25) is 4.79 Å². The molecule has 1 fully saturated rings. The van der Waals surface area contributed by atoms with E-state index in [1.165, 1.54) is 12.8 Å². The normalized spacial score (nSPS) is 14.1. The van der Waals surface area contributed by atoms with E-state index in [0.717, 1.165) is 30.8 Å². The van der Waals surface area contributed by atoms with Crippen LogP contribution < -0.4 is 0 Å². The molecule has 0 saturated carbocycles. The van der Waals surface area contributed by atoms with Gasteiger partial charge in [0, 0.05) is 19.6 Å². The molecule has 0 unspecified atom stereocenters. The van der Waals surface area contributed by atoms with Crippen molar-refractivity contribution in [3.8, 4) is 0 Å². The van der Waals surface area contributed by atoms with E-state index < -0.39 is 0 Å². The minimum atomic E-state index is -0.135. The number of likely N-dealkylation sites (tertiary alicyclic amines) is 1. The molecular weight excluding hydrogens is 433 g/mol. The predicted octanol–water partition coefficient (Wildman–Crippen LogP) is 4.37. The Bertz CT molecular complexity index is 1020. The van der Waals surface area contributed by atoms with E-state index in [2.05, 4.69) is 15.2 Å². The summed E-state index contributed by atoms with van der Waals surface area (Å²) in [5.41, 5.74) is 2.38. The molecule has 0 aliphatic carbocycles. The van der Waals surface area contributed by atoms with E-state index in [1.807, 2.05) is 47.4 Å². The fourth-order valence-electron chi connectivity index (χ4n) is 3.79. The van der Waals surface area contributed by atoms with Gasteiger partial charge in [-0.15, -0.1) is 5.10 Å². The topological polar surface area (TPSA) is 54.3 Å². The molecular formula is C23H25Cl2N5O. The van der Waals surface area contributed by atoms with Gasteiger partial charge in [0.15, 0.2) is 5.69 Å². The molecule has 162 valence electrons. The SMILES string of the molecule is O=C(c1cn(Cc2ccccc2)nn1)N(CCN1CCCC1)Cc1ccc(Cl)c(Cl)c1. The van der Waals surface area contributed by atoms with E-state index in [0.29, 0.717) is 35.4 Å². The molecule has 1 aliphatic rings. The maximum atomic E-state index is 13.3. The van der Waals surface area contributed by atoms with Gasteiger partial charge in [-0.05, 0) is 49.2 Å². The number of carbonyl (C=O) groups is 1. The Labute approximate surface area is 192 Å². The van der Waals surface area contributed by atoms with Crippen LogP contribution in [-0.4, -0.2) is 56.9 Å². The Hall–Kier alpha value is -2.41. The van der Waals surface area contributed by atoms with Gasteiger partial charge in [0.2, 0.25) is 0 Å². The maximum absolute atomic E-state index is 13.3. The molecule has 31 heavy (non-hydrogen) atoms. The standard InChI is InChI=1S/C23H25Cl2N5O/c24-20-9-8-19(14-21(20)25)15-29(13-12-28-10-4-5-11-28)23(31)22-17-30(27-26-22)16-18-6-2-1-3-7-18/h1-3,6-9,14,17H,4-5,10-13,15-16H2. The quantitative estimate of drug-likeness (QED) is 0.503. The second-order valence-corrected chi connectivity index (χ2v) is 8.63. The molecule has 8 heteroatoms. The Morgan fingerprint density at radius 1 is 1.00 bits per heavy atom. The second kappa shape index (κ2) is 10.3. The molecule has 1 amide bonds. The summed E-state index contributed by atoms with van der Waals surface area (Å²) in [7, 11) is 0. The summed E-state index contributed by atoms with van der Waals surface area (Å²) in [4.78, 5) is 17.5. The molecule has 6 nitrogen and oxygen atoms in total. The van der Waals surface area contributed by atoms with Crippen LogP contribution in [0.15, 0.2) is 54.7 Å².